The number of benzene rings is 1. The fourth-order valence-corrected chi connectivity index (χ4v) is 2.57. The average Bonchev–Trinajstić information content (AvgIpc) is 2.58. The third-order valence-corrected chi connectivity index (χ3v) is 3.70. The van der Waals surface area contributed by atoms with Crippen molar-refractivity contribution in [3.8, 4) is 0 Å². The summed E-state index contributed by atoms with van der Waals surface area (Å²) in [7, 11) is 2.21. The van der Waals surface area contributed by atoms with Gasteiger partial charge < -0.3 is 10.2 Å². The van der Waals surface area contributed by atoms with Gasteiger partial charge in [-0.2, -0.15) is 0 Å². The Bertz CT molecular complexity index is 323. The van der Waals surface area contributed by atoms with Crippen LogP contribution in [-0.2, 0) is 0 Å². The standard InChI is InChI=1S/C15H24N2/c1-13-5-7-15(8-6-13)17(2)12-14-4-3-10-16-11-9-14/h5-8,14,16H,3-4,9-12H2,1-2H3. The number of rotatable bonds is 3. The molecule has 1 aliphatic heterocycles. The van der Waals surface area contributed by atoms with Crippen molar-refractivity contribution in [2.45, 2.75) is 26.2 Å². The first-order valence-corrected chi connectivity index (χ1v) is 6.74. The summed E-state index contributed by atoms with van der Waals surface area (Å²) in [6.45, 7) is 5.71. The van der Waals surface area contributed by atoms with Crippen LogP contribution in [0.25, 0.3) is 0 Å². The highest BCUT2D eigenvalue weighted by Crippen LogP contribution is 2.19. The van der Waals surface area contributed by atoms with Gasteiger partial charge in [0.2, 0.25) is 0 Å². The second-order valence-corrected chi connectivity index (χ2v) is 5.26. The first-order chi connectivity index (χ1) is 8.25. The molecule has 0 saturated carbocycles. The normalized spacial score (nSPS) is 20.9. The van der Waals surface area contributed by atoms with Crippen molar-refractivity contribution in [1.82, 2.24) is 5.32 Å². The van der Waals surface area contributed by atoms with E-state index in [1.807, 2.05) is 0 Å². The van der Waals surface area contributed by atoms with Crippen LogP contribution in [0.3, 0.4) is 0 Å². The van der Waals surface area contributed by atoms with Crippen molar-refractivity contribution in [2.24, 2.45) is 5.92 Å². The van der Waals surface area contributed by atoms with Gasteiger partial charge in [0.15, 0.2) is 0 Å². The van der Waals surface area contributed by atoms with E-state index in [1.54, 1.807) is 0 Å². The van der Waals surface area contributed by atoms with Crippen LogP contribution < -0.4 is 10.2 Å². The average molecular weight is 232 g/mol. The zero-order valence-corrected chi connectivity index (χ0v) is 11.1. The molecule has 2 nitrogen and oxygen atoms in total. The summed E-state index contributed by atoms with van der Waals surface area (Å²) in [6.07, 6.45) is 4.01. The monoisotopic (exact) mass is 232 g/mol. The van der Waals surface area contributed by atoms with E-state index in [-0.39, 0.29) is 0 Å². The highest BCUT2D eigenvalue weighted by atomic mass is 15.1. The number of aryl methyl sites for hydroxylation is 1. The molecule has 0 aliphatic carbocycles. The molecule has 0 radical (unpaired) electrons. The molecule has 1 fully saturated rings. The van der Waals surface area contributed by atoms with Crippen molar-refractivity contribution in [3.05, 3.63) is 29.8 Å². The van der Waals surface area contributed by atoms with E-state index in [0.717, 1.165) is 5.92 Å². The van der Waals surface area contributed by atoms with E-state index in [2.05, 4.69) is 48.5 Å². The number of hydrogen-bond donors (Lipinski definition) is 1. The predicted molar refractivity (Wildman–Crippen MR) is 74.7 cm³/mol. The van der Waals surface area contributed by atoms with Crippen molar-refractivity contribution < 1.29 is 0 Å². The Labute approximate surface area is 105 Å². The highest BCUT2D eigenvalue weighted by Gasteiger charge is 2.14. The van der Waals surface area contributed by atoms with Crippen LogP contribution >= 0.6 is 0 Å². The third kappa shape index (κ3) is 3.74. The Morgan fingerprint density at radius 2 is 1.94 bits per heavy atom. The van der Waals surface area contributed by atoms with Gasteiger partial charge >= 0.3 is 0 Å². The highest BCUT2D eigenvalue weighted by molar-refractivity contribution is 5.46. The maximum Gasteiger partial charge on any atom is 0.0363 e. The van der Waals surface area contributed by atoms with Crippen LogP contribution in [0.15, 0.2) is 24.3 Å². The molecule has 2 heteroatoms. The van der Waals surface area contributed by atoms with Crippen LogP contribution in [0, 0.1) is 12.8 Å². The van der Waals surface area contributed by atoms with Crippen molar-refractivity contribution >= 4 is 5.69 Å². The lowest BCUT2D eigenvalue weighted by molar-refractivity contribution is 0.474. The molecule has 0 amide bonds. The molecule has 0 aromatic heterocycles. The summed E-state index contributed by atoms with van der Waals surface area (Å²) in [5.74, 6) is 0.844. The first kappa shape index (κ1) is 12.4. The molecule has 1 aliphatic rings. The van der Waals surface area contributed by atoms with E-state index in [9.17, 15) is 0 Å². The molecule has 2 rings (SSSR count). The van der Waals surface area contributed by atoms with Crippen molar-refractivity contribution in [2.75, 3.05) is 31.6 Å². The fraction of sp³-hybridized carbons (Fsp3) is 0.600. The Morgan fingerprint density at radius 3 is 2.71 bits per heavy atom. The molecule has 1 N–H and O–H groups in total. The molecular weight excluding hydrogens is 208 g/mol. The van der Waals surface area contributed by atoms with Crippen LogP contribution in [0.1, 0.15) is 24.8 Å². The summed E-state index contributed by atoms with van der Waals surface area (Å²) in [4.78, 5) is 2.40. The molecule has 1 heterocycles. The minimum Gasteiger partial charge on any atom is -0.374 e. The second kappa shape index (κ2) is 6.06. The lowest BCUT2D eigenvalue weighted by Gasteiger charge is -2.25. The summed E-state index contributed by atoms with van der Waals surface area (Å²) in [5, 5.41) is 3.48. The number of nitrogens with zero attached hydrogens (tertiary/aromatic N) is 1. The van der Waals surface area contributed by atoms with Crippen LogP contribution in [-0.4, -0.2) is 26.7 Å². The molecule has 1 saturated heterocycles. The molecule has 17 heavy (non-hydrogen) atoms. The van der Waals surface area contributed by atoms with Gasteiger partial charge in [0.1, 0.15) is 0 Å². The summed E-state index contributed by atoms with van der Waals surface area (Å²) in [6, 6.07) is 8.84. The van der Waals surface area contributed by atoms with Crippen molar-refractivity contribution in [1.29, 1.82) is 0 Å². The number of nitrogens with one attached hydrogen (secondary N) is 1. The molecule has 94 valence electrons. The quantitative estimate of drug-likeness (QED) is 0.862. The van der Waals surface area contributed by atoms with E-state index >= 15 is 0 Å². The Hall–Kier alpha value is -1.02. The third-order valence-electron chi connectivity index (χ3n) is 3.70. The molecule has 0 spiro atoms. The van der Waals surface area contributed by atoms with E-state index < -0.39 is 0 Å². The van der Waals surface area contributed by atoms with Gasteiger partial charge in [-0.25, -0.2) is 0 Å². The molecule has 1 atom stereocenters. The summed E-state index contributed by atoms with van der Waals surface area (Å²) in [5.41, 5.74) is 2.67. The predicted octanol–water partition coefficient (Wildman–Crippen LogP) is 2.82. The van der Waals surface area contributed by atoms with Gasteiger partial charge in [-0.3, -0.25) is 0 Å². The van der Waals surface area contributed by atoms with Gasteiger partial charge in [0.25, 0.3) is 0 Å². The molecule has 0 bridgehead atoms. The van der Waals surface area contributed by atoms with Crippen molar-refractivity contribution in [3.63, 3.8) is 0 Å². The summed E-state index contributed by atoms with van der Waals surface area (Å²) < 4.78 is 0. The lowest BCUT2D eigenvalue weighted by atomic mass is 10.00. The Balaban J connectivity index is 1.91. The van der Waals surface area contributed by atoms with E-state index in [0.29, 0.717) is 0 Å². The number of hydrogen-bond acceptors (Lipinski definition) is 2. The topological polar surface area (TPSA) is 15.3 Å². The van der Waals surface area contributed by atoms with Crippen LogP contribution in [0.4, 0.5) is 5.69 Å². The Morgan fingerprint density at radius 1 is 1.18 bits per heavy atom. The van der Waals surface area contributed by atoms with Crippen LogP contribution in [0.5, 0.6) is 0 Å². The number of anilines is 1. The maximum atomic E-state index is 3.48. The van der Waals surface area contributed by atoms with Gasteiger partial charge in [-0.05, 0) is 57.3 Å². The van der Waals surface area contributed by atoms with Gasteiger partial charge in [0.05, 0.1) is 0 Å². The minimum atomic E-state index is 0.844. The largest absolute Gasteiger partial charge is 0.374 e. The SMILES string of the molecule is Cc1ccc(N(C)CC2CCCNCC2)cc1. The summed E-state index contributed by atoms with van der Waals surface area (Å²) >= 11 is 0. The zero-order valence-electron chi connectivity index (χ0n) is 11.1. The van der Waals surface area contributed by atoms with Gasteiger partial charge in [0, 0.05) is 19.3 Å². The van der Waals surface area contributed by atoms with Gasteiger partial charge in [-0.1, -0.05) is 17.7 Å². The molecular formula is C15H24N2. The fourth-order valence-electron chi connectivity index (χ4n) is 2.57. The minimum absolute atomic E-state index is 0.844. The van der Waals surface area contributed by atoms with E-state index in [4.69, 9.17) is 0 Å². The van der Waals surface area contributed by atoms with Gasteiger partial charge in [-0.15, -0.1) is 0 Å². The lowest BCUT2D eigenvalue weighted by Crippen LogP contribution is -2.26. The Kier molecular flexibility index (Phi) is 4.43. The maximum absolute atomic E-state index is 3.48. The first-order valence-electron chi connectivity index (χ1n) is 6.74. The van der Waals surface area contributed by atoms with E-state index in [1.165, 1.54) is 50.1 Å². The second-order valence-electron chi connectivity index (χ2n) is 5.26. The molecule has 1 aromatic rings. The zero-order chi connectivity index (χ0) is 12.1. The smallest absolute Gasteiger partial charge is 0.0363 e. The molecule has 1 aromatic carbocycles. The van der Waals surface area contributed by atoms with Crippen LogP contribution in [0.2, 0.25) is 0 Å². The molecule has 1 unspecified atom stereocenters.